The monoisotopic (exact) mass is 397 g/mol. The van der Waals surface area contributed by atoms with Crippen LogP contribution in [0.25, 0.3) is 0 Å². The third kappa shape index (κ3) is 7.21. The Hall–Kier alpha value is -2.57. The number of rotatable bonds is 5. The number of carbonyl (C=O) groups is 2. The average Bonchev–Trinajstić information content (AvgIpc) is 2.65. The lowest BCUT2D eigenvalue weighted by Crippen LogP contribution is -2.46. The molecule has 0 aliphatic carbocycles. The van der Waals surface area contributed by atoms with Gasteiger partial charge in [-0.2, -0.15) is 13.2 Å². The van der Waals surface area contributed by atoms with Gasteiger partial charge in [0.15, 0.2) is 0 Å². The molecule has 0 aromatic heterocycles. The van der Waals surface area contributed by atoms with Crippen LogP contribution in [0, 0.1) is 11.8 Å². The molecule has 2 rings (SSSR count). The number of halogens is 3. The molecule has 0 saturated carbocycles. The Morgan fingerprint density at radius 1 is 1.25 bits per heavy atom. The number of carbonyl (C=O) groups excluding carboxylic acids is 2. The second-order valence-corrected chi connectivity index (χ2v) is 6.32. The zero-order valence-corrected chi connectivity index (χ0v) is 15.5. The number of benzene rings is 1. The summed E-state index contributed by atoms with van der Waals surface area (Å²) in [6, 6.07) is 4.68. The van der Waals surface area contributed by atoms with Crippen molar-refractivity contribution in [1.82, 2.24) is 15.1 Å². The van der Waals surface area contributed by atoms with E-state index in [0.29, 0.717) is 26.3 Å². The van der Waals surface area contributed by atoms with Crippen molar-refractivity contribution in [1.29, 1.82) is 0 Å². The molecule has 1 heterocycles. The van der Waals surface area contributed by atoms with E-state index in [1.807, 2.05) is 0 Å². The van der Waals surface area contributed by atoms with E-state index in [9.17, 15) is 22.8 Å². The SMILES string of the molecule is CN(CC(=O)NCC#Cc1cccc(C(F)(F)F)c1)CC(=O)N1CCOCC1. The Balaban J connectivity index is 1.74. The number of ether oxygens (including phenoxy) is 1. The van der Waals surface area contributed by atoms with E-state index in [2.05, 4.69) is 17.2 Å². The molecule has 1 aliphatic rings. The molecular formula is C19H22F3N3O3. The topological polar surface area (TPSA) is 61.9 Å². The lowest BCUT2D eigenvalue weighted by atomic mass is 10.1. The van der Waals surface area contributed by atoms with Gasteiger partial charge in [-0.1, -0.05) is 17.9 Å². The molecule has 1 aliphatic heterocycles. The Labute approximate surface area is 161 Å². The summed E-state index contributed by atoms with van der Waals surface area (Å²) in [7, 11) is 1.66. The summed E-state index contributed by atoms with van der Waals surface area (Å²) in [4.78, 5) is 27.3. The van der Waals surface area contributed by atoms with Crippen LogP contribution < -0.4 is 5.32 Å². The van der Waals surface area contributed by atoms with Crippen molar-refractivity contribution in [2.45, 2.75) is 6.18 Å². The van der Waals surface area contributed by atoms with Gasteiger partial charge in [0.1, 0.15) is 0 Å². The Kier molecular flexibility index (Phi) is 7.84. The van der Waals surface area contributed by atoms with Gasteiger partial charge in [-0.3, -0.25) is 14.5 Å². The first-order chi connectivity index (χ1) is 13.3. The molecule has 1 N–H and O–H groups in total. The van der Waals surface area contributed by atoms with Crippen molar-refractivity contribution in [3.63, 3.8) is 0 Å². The molecule has 0 bridgehead atoms. The zero-order chi connectivity index (χ0) is 20.6. The zero-order valence-electron chi connectivity index (χ0n) is 15.5. The van der Waals surface area contributed by atoms with Crippen molar-refractivity contribution >= 4 is 11.8 Å². The third-order valence-electron chi connectivity index (χ3n) is 3.98. The van der Waals surface area contributed by atoms with Gasteiger partial charge in [0.2, 0.25) is 11.8 Å². The number of likely N-dealkylation sites (N-methyl/N-ethyl adjacent to an activating group) is 1. The standard InChI is InChI=1S/C19H22F3N3O3/c1-24(14-18(27)25-8-10-28-11-9-25)13-17(26)23-7-3-5-15-4-2-6-16(12-15)19(20,21)22/h2,4,6,12H,7-11,13-14H2,1H3,(H,23,26). The quantitative estimate of drug-likeness (QED) is 0.752. The number of amides is 2. The van der Waals surface area contributed by atoms with E-state index in [1.54, 1.807) is 16.8 Å². The molecule has 28 heavy (non-hydrogen) atoms. The van der Waals surface area contributed by atoms with Crippen LogP contribution in [0.4, 0.5) is 13.2 Å². The number of alkyl halides is 3. The van der Waals surface area contributed by atoms with Crippen LogP contribution in [0.1, 0.15) is 11.1 Å². The number of hydrogen-bond acceptors (Lipinski definition) is 4. The molecule has 0 unspecified atom stereocenters. The second kappa shape index (κ2) is 10.1. The van der Waals surface area contributed by atoms with E-state index in [0.717, 1.165) is 12.1 Å². The number of nitrogens with zero attached hydrogens (tertiary/aromatic N) is 2. The number of hydrogen-bond donors (Lipinski definition) is 1. The maximum absolute atomic E-state index is 12.6. The molecule has 2 amide bonds. The van der Waals surface area contributed by atoms with Gasteiger partial charge >= 0.3 is 6.18 Å². The summed E-state index contributed by atoms with van der Waals surface area (Å²) in [5, 5.41) is 2.56. The fourth-order valence-corrected chi connectivity index (χ4v) is 2.56. The van der Waals surface area contributed by atoms with Crippen molar-refractivity contribution in [3.05, 3.63) is 35.4 Å². The lowest BCUT2D eigenvalue weighted by Gasteiger charge is -2.28. The van der Waals surface area contributed by atoms with Crippen LogP contribution >= 0.6 is 0 Å². The number of nitrogens with one attached hydrogen (secondary N) is 1. The Morgan fingerprint density at radius 2 is 1.96 bits per heavy atom. The van der Waals surface area contributed by atoms with Gasteiger partial charge in [-0.05, 0) is 25.2 Å². The summed E-state index contributed by atoms with van der Waals surface area (Å²) in [6.07, 6.45) is -4.42. The average molecular weight is 397 g/mol. The summed E-state index contributed by atoms with van der Waals surface area (Å²) >= 11 is 0. The van der Waals surface area contributed by atoms with Crippen molar-refractivity contribution in [3.8, 4) is 11.8 Å². The Bertz CT molecular complexity index is 750. The van der Waals surface area contributed by atoms with Gasteiger partial charge in [0, 0.05) is 18.7 Å². The van der Waals surface area contributed by atoms with Crippen LogP contribution in [0.5, 0.6) is 0 Å². The lowest BCUT2D eigenvalue weighted by molar-refractivity contribution is -0.138. The fourth-order valence-electron chi connectivity index (χ4n) is 2.56. The van der Waals surface area contributed by atoms with E-state index >= 15 is 0 Å². The smallest absolute Gasteiger partial charge is 0.378 e. The summed E-state index contributed by atoms with van der Waals surface area (Å²) in [5.74, 6) is 4.82. The minimum absolute atomic E-state index is 0.000326. The first-order valence-electron chi connectivity index (χ1n) is 8.72. The van der Waals surface area contributed by atoms with Crippen LogP contribution in [-0.4, -0.2) is 74.6 Å². The molecule has 9 heteroatoms. The molecule has 1 aromatic rings. The van der Waals surface area contributed by atoms with Gasteiger partial charge in [0.05, 0.1) is 38.4 Å². The molecule has 1 saturated heterocycles. The van der Waals surface area contributed by atoms with Crippen molar-refractivity contribution in [2.75, 3.05) is 53.0 Å². The van der Waals surface area contributed by atoms with E-state index in [-0.39, 0.29) is 37.0 Å². The highest BCUT2D eigenvalue weighted by atomic mass is 19.4. The maximum atomic E-state index is 12.6. The fraction of sp³-hybridized carbons (Fsp3) is 0.474. The largest absolute Gasteiger partial charge is 0.416 e. The summed E-state index contributed by atoms with van der Waals surface area (Å²) < 4.78 is 43.1. The van der Waals surface area contributed by atoms with Crippen LogP contribution in [0.2, 0.25) is 0 Å². The highest BCUT2D eigenvalue weighted by molar-refractivity contribution is 5.81. The molecule has 0 radical (unpaired) electrons. The molecular weight excluding hydrogens is 375 g/mol. The van der Waals surface area contributed by atoms with E-state index < -0.39 is 11.7 Å². The van der Waals surface area contributed by atoms with E-state index in [4.69, 9.17) is 4.74 Å². The Morgan fingerprint density at radius 3 is 2.64 bits per heavy atom. The van der Waals surface area contributed by atoms with Crippen LogP contribution in [-0.2, 0) is 20.5 Å². The molecule has 0 atom stereocenters. The predicted molar refractivity (Wildman–Crippen MR) is 96.2 cm³/mol. The van der Waals surface area contributed by atoms with E-state index in [1.165, 1.54) is 12.1 Å². The van der Waals surface area contributed by atoms with Crippen molar-refractivity contribution < 1.29 is 27.5 Å². The maximum Gasteiger partial charge on any atom is 0.416 e. The first kappa shape index (κ1) is 21.7. The highest BCUT2D eigenvalue weighted by Gasteiger charge is 2.30. The minimum atomic E-state index is -4.42. The normalized spacial score (nSPS) is 14.4. The minimum Gasteiger partial charge on any atom is -0.378 e. The highest BCUT2D eigenvalue weighted by Crippen LogP contribution is 2.29. The van der Waals surface area contributed by atoms with Gasteiger partial charge < -0.3 is 15.0 Å². The second-order valence-electron chi connectivity index (χ2n) is 6.32. The molecule has 1 fully saturated rings. The molecule has 1 aromatic carbocycles. The third-order valence-corrected chi connectivity index (χ3v) is 3.98. The van der Waals surface area contributed by atoms with Crippen molar-refractivity contribution in [2.24, 2.45) is 0 Å². The molecule has 152 valence electrons. The summed E-state index contributed by atoms with van der Waals surface area (Å²) in [5.41, 5.74) is -0.549. The predicted octanol–water partition coefficient (Wildman–Crippen LogP) is 0.964. The van der Waals surface area contributed by atoms with Gasteiger partial charge in [-0.15, -0.1) is 0 Å². The first-order valence-corrected chi connectivity index (χ1v) is 8.72. The molecule has 0 spiro atoms. The molecule has 6 nitrogen and oxygen atoms in total. The number of morpholine rings is 1. The summed E-state index contributed by atoms with van der Waals surface area (Å²) in [6.45, 7) is 2.25. The van der Waals surface area contributed by atoms with Crippen LogP contribution in [0.3, 0.4) is 0 Å². The van der Waals surface area contributed by atoms with Crippen LogP contribution in [0.15, 0.2) is 24.3 Å². The van der Waals surface area contributed by atoms with Gasteiger partial charge in [-0.25, -0.2) is 0 Å². The van der Waals surface area contributed by atoms with Gasteiger partial charge in [0.25, 0.3) is 0 Å².